The van der Waals surface area contributed by atoms with Crippen LogP contribution in [-0.2, 0) is 59.2 Å². The predicted molar refractivity (Wildman–Crippen MR) is 266 cm³/mol. The fraction of sp³-hybridized carbons (Fsp3) is 0.617. The van der Waals surface area contributed by atoms with Gasteiger partial charge >= 0.3 is 0 Å². The molecule has 2 fully saturated rings. The molecule has 0 aromatic heterocycles. The molecule has 18 N–H and O–H groups in total. The lowest BCUT2D eigenvalue weighted by Gasteiger charge is -2.32. The van der Waals surface area contributed by atoms with Gasteiger partial charge in [-0.25, -0.2) is 0 Å². The third-order valence-electron chi connectivity index (χ3n) is 11.9. The van der Waals surface area contributed by atoms with Crippen LogP contribution in [0, 0.1) is 11.8 Å². The van der Waals surface area contributed by atoms with Crippen molar-refractivity contribution in [2.24, 2.45) is 51.2 Å². The Balaban J connectivity index is 0.00000439. The van der Waals surface area contributed by atoms with Gasteiger partial charge in [-0.2, -0.15) is 0 Å². The van der Waals surface area contributed by atoms with Crippen molar-refractivity contribution in [3.8, 4) is 0 Å². The molecule has 26 nitrogen and oxygen atoms in total. The Hall–Kier alpha value is -7.38. The number of guanidine groups is 1. The Labute approximate surface area is 424 Å². The van der Waals surface area contributed by atoms with Gasteiger partial charge in [-0.05, 0) is 68.8 Å². The Bertz CT molecular complexity index is 2130. The number of nitrogens with zero attached hydrogens (tertiary/aromatic N) is 3. The summed E-state index contributed by atoms with van der Waals surface area (Å²) in [5, 5.41) is 20.4. The van der Waals surface area contributed by atoms with Crippen LogP contribution in [-0.4, -0.2) is 154 Å². The first-order chi connectivity index (χ1) is 34.2. The van der Waals surface area contributed by atoms with E-state index in [0.717, 1.165) is 6.92 Å². The summed E-state index contributed by atoms with van der Waals surface area (Å²) in [5.74, 6) is -9.13. The van der Waals surface area contributed by atoms with E-state index >= 15 is 0 Å². The zero-order chi connectivity index (χ0) is 55.1. The Morgan fingerprint density at radius 3 is 1.62 bits per heavy atom. The summed E-state index contributed by atoms with van der Waals surface area (Å²) in [6.07, 6.45) is 0.262. The van der Waals surface area contributed by atoms with E-state index in [1.165, 1.54) is 9.80 Å². The average molecular weight is 1030 g/mol. The Kier molecular flexibility index (Phi) is 25.8. The molecule has 2 aliphatic heterocycles. The zero-order valence-corrected chi connectivity index (χ0v) is 42.3. The maximum absolute atomic E-state index is 14.4. The summed E-state index contributed by atoms with van der Waals surface area (Å²) < 4.78 is 0. The topological polar surface area (TPSA) is 443 Å². The molecule has 0 saturated carbocycles. The second kappa shape index (κ2) is 30.5. The van der Waals surface area contributed by atoms with E-state index in [0.29, 0.717) is 18.4 Å². The van der Waals surface area contributed by atoms with Gasteiger partial charge in [0.15, 0.2) is 5.96 Å². The number of aliphatic carboxylic acids is 1. The van der Waals surface area contributed by atoms with Crippen LogP contribution in [0.15, 0.2) is 35.3 Å². The number of amides is 10. The highest BCUT2D eigenvalue weighted by Gasteiger charge is 2.42. The first-order valence-corrected chi connectivity index (χ1v) is 24.3. The van der Waals surface area contributed by atoms with Gasteiger partial charge < -0.3 is 75.9 Å². The maximum atomic E-state index is 14.4. The number of benzene rings is 1. The van der Waals surface area contributed by atoms with Gasteiger partial charge in [-0.3, -0.25) is 57.7 Å². The Morgan fingerprint density at radius 2 is 1.14 bits per heavy atom. The summed E-state index contributed by atoms with van der Waals surface area (Å²) in [7, 11) is 0. The van der Waals surface area contributed by atoms with Crippen LogP contribution in [0.5, 0.6) is 0 Å². The molecule has 0 aliphatic carbocycles. The van der Waals surface area contributed by atoms with Gasteiger partial charge in [0, 0.05) is 39.4 Å². The number of nitrogens with two attached hydrogens (primary N) is 6. The second-order valence-corrected chi connectivity index (χ2v) is 18.8. The summed E-state index contributed by atoms with van der Waals surface area (Å²) >= 11 is 0. The molecular weight excluding hydrogens is 953 g/mol. The van der Waals surface area contributed by atoms with Crippen molar-refractivity contribution in [3.63, 3.8) is 0 Å². The van der Waals surface area contributed by atoms with Crippen molar-refractivity contribution in [1.82, 2.24) is 36.4 Å². The molecule has 8 unspecified atom stereocenters. The van der Waals surface area contributed by atoms with E-state index in [1.807, 2.05) is 0 Å². The van der Waals surface area contributed by atoms with E-state index in [9.17, 15) is 47.9 Å². The lowest BCUT2D eigenvalue weighted by Crippen LogP contribution is -2.60. The number of primary amides is 3. The number of likely N-dealkylation sites (tertiary alicyclic amines) is 2. The third kappa shape index (κ3) is 21.5. The number of hydrogen-bond acceptors (Lipinski definition) is 13. The smallest absolute Gasteiger partial charge is 0.300 e. The fourth-order valence-electron chi connectivity index (χ4n) is 8.14. The molecule has 73 heavy (non-hydrogen) atoms. The highest BCUT2D eigenvalue weighted by Crippen LogP contribution is 2.23. The van der Waals surface area contributed by atoms with Gasteiger partial charge in [-0.1, -0.05) is 58.0 Å². The molecule has 26 heteroatoms. The number of carboxylic acids is 1. The first-order valence-electron chi connectivity index (χ1n) is 24.3. The molecular formula is C47H76N14O12. The predicted octanol–water partition coefficient (Wildman–Crippen LogP) is -3.56. The lowest BCUT2D eigenvalue weighted by molar-refractivity contribution is -0.143. The first kappa shape index (κ1) is 61.7. The van der Waals surface area contributed by atoms with Crippen molar-refractivity contribution in [3.05, 3.63) is 35.9 Å². The van der Waals surface area contributed by atoms with E-state index in [1.54, 1.807) is 58.0 Å². The molecule has 406 valence electrons. The number of nitrogens with one attached hydrogen (secondary N) is 5. The molecule has 0 bridgehead atoms. The van der Waals surface area contributed by atoms with Crippen molar-refractivity contribution in [2.45, 2.75) is 154 Å². The summed E-state index contributed by atoms with van der Waals surface area (Å²) in [6.45, 7) is 8.64. The Morgan fingerprint density at radius 1 is 0.658 bits per heavy atom. The molecule has 3 rings (SSSR count). The van der Waals surface area contributed by atoms with Gasteiger partial charge in [0.1, 0.15) is 42.3 Å². The van der Waals surface area contributed by atoms with Crippen LogP contribution in [0.1, 0.15) is 104 Å². The number of aliphatic imine (C=N–C) groups is 1. The third-order valence-corrected chi connectivity index (χ3v) is 11.9. The number of hydrogen-bond donors (Lipinski definition) is 12. The fourth-order valence-corrected chi connectivity index (χ4v) is 8.14. The van der Waals surface area contributed by atoms with Crippen molar-refractivity contribution in [1.29, 1.82) is 0 Å². The summed E-state index contributed by atoms with van der Waals surface area (Å²) in [5.41, 5.74) is 34.3. The van der Waals surface area contributed by atoms with Gasteiger partial charge in [0.25, 0.3) is 5.97 Å². The second-order valence-electron chi connectivity index (χ2n) is 18.8. The van der Waals surface area contributed by atoms with E-state index in [4.69, 9.17) is 44.3 Å². The maximum Gasteiger partial charge on any atom is 0.300 e. The largest absolute Gasteiger partial charge is 0.481 e. The number of rotatable bonds is 27. The number of carbonyl (C=O) groups is 11. The molecule has 10 amide bonds. The highest BCUT2D eigenvalue weighted by molar-refractivity contribution is 5.99. The van der Waals surface area contributed by atoms with Crippen molar-refractivity contribution < 1.29 is 57.8 Å². The van der Waals surface area contributed by atoms with Crippen molar-refractivity contribution >= 4 is 71.0 Å². The standard InChI is InChI=1S/C45H72N14O10.C2H4O2/c1-24(2)21-31(57-40(65)30(23-35(47)61)56-42(67)33-15-10-20-59(33)44(69)36(48)25(3)4)43(68)58-19-9-14-32(58)41(66)54-28(16-17-34(46)60)39(64)53-27(13-8-18-52-45(50)51)38(63)55-29(37(49)62)22-26-11-6-5-7-12-26;1-2(3)4/h5-7,11-12,24-25,27-33,36H,8-10,13-23,48H2,1-4H3,(H2,46,60)(H2,47,61)(H2,49,62)(H,53,64)(H,54,66)(H,55,63)(H,56,67)(H,57,65)(H4,50,51,52);1H3,(H,3,4). The summed E-state index contributed by atoms with van der Waals surface area (Å²) in [4.78, 5) is 149. The highest BCUT2D eigenvalue weighted by atomic mass is 16.4. The average Bonchev–Trinajstić information content (AvgIpc) is 4.01. The van der Waals surface area contributed by atoms with Crippen molar-refractivity contribution in [2.75, 3.05) is 19.6 Å². The monoisotopic (exact) mass is 1030 g/mol. The molecule has 2 aliphatic rings. The number of carbonyl (C=O) groups excluding carboxylic acids is 10. The van der Waals surface area contributed by atoms with E-state index in [2.05, 4.69) is 31.6 Å². The van der Waals surface area contributed by atoms with Crippen LogP contribution < -0.4 is 61.0 Å². The minimum atomic E-state index is -1.53. The van der Waals surface area contributed by atoms with Crippen LogP contribution in [0.25, 0.3) is 0 Å². The quantitative estimate of drug-likeness (QED) is 0.0231. The van der Waals surface area contributed by atoms with Crippen LogP contribution in [0.3, 0.4) is 0 Å². The van der Waals surface area contributed by atoms with Crippen LogP contribution >= 0.6 is 0 Å². The summed E-state index contributed by atoms with van der Waals surface area (Å²) in [6, 6.07) is -0.942. The van der Waals surface area contributed by atoms with Crippen LogP contribution in [0.2, 0.25) is 0 Å². The molecule has 1 aromatic carbocycles. The molecule has 2 saturated heterocycles. The van der Waals surface area contributed by atoms with Crippen LogP contribution in [0.4, 0.5) is 0 Å². The lowest BCUT2D eigenvalue weighted by atomic mass is 10.0. The van der Waals surface area contributed by atoms with Gasteiger partial charge in [0.2, 0.25) is 59.1 Å². The van der Waals surface area contributed by atoms with Gasteiger partial charge in [-0.15, -0.1) is 0 Å². The molecule has 8 atom stereocenters. The van der Waals surface area contributed by atoms with Gasteiger partial charge in [0.05, 0.1) is 12.5 Å². The molecule has 2 heterocycles. The minimum Gasteiger partial charge on any atom is -0.481 e. The number of carboxylic acid groups (broad SMARTS) is 1. The van der Waals surface area contributed by atoms with E-state index < -0.39 is 120 Å². The van der Waals surface area contributed by atoms with E-state index in [-0.39, 0.29) is 88.8 Å². The molecule has 0 spiro atoms. The normalized spacial score (nSPS) is 17.5. The molecule has 1 aromatic rings. The SMILES string of the molecule is CC(=O)O.CC(C)CC(NC(=O)C(CC(N)=O)NC(=O)C1CCCN1C(=O)C(N)C(C)C)C(=O)N1CCCC1C(=O)NC(CCC(N)=O)C(=O)NC(CCCN=C(N)N)C(=O)NC(Cc1ccccc1)C(N)=O. The minimum absolute atomic E-state index is 0.0365. The zero-order valence-electron chi connectivity index (χ0n) is 42.3. The molecule has 0 radical (unpaired) electrons.